The van der Waals surface area contributed by atoms with Gasteiger partial charge in [-0.15, -0.1) is 11.8 Å². The quantitative estimate of drug-likeness (QED) is 0.479. The van der Waals surface area contributed by atoms with E-state index in [1.165, 1.54) is 18.1 Å². The van der Waals surface area contributed by atoms with Crippen LogP contribution in [0.1, 0.15) is 37.7 Å². The number of carbonyl (C=O) groups excluding carboxylic acids is 2. The Morgan fingerprint density at radius 3 is 2.90 bits per heavy atom. The first-order valence-electron chi connectivity index (χ1n) is 14.7. The second-order valence-corrected chi connectivity index (χ2v) is 13.9. The summed E-state index contributed by atoms with van der Waals surface area (Å²) in [5, 5.41) is 17.5. The Kier molecular flexibility index (Phi) is 8.49. The summed E-state index contributed by atoms with van der Waals surface area (Å²) in [4.78, 5) is 34.5. The molecule has 0 radical (unpaired) electrons. The van der Waals surface area contributed by atoms with Crippen molar-refractivity contribution in [2.24, 2.45) is 5.92 Å². The number of likely N-dealkylation sites (tertiary alicyclic amines) is 1. The van der Waals surface area contributed by atoms with Crippen molar-refractivity contribution in [3.05, 3.63) is 41.4 Å². The zero-order valence-corrected chi connectivity index (χ0v) is 25.1. The SMILES string of the molecule is C=CC(=O)N1CCN(C2NC(OCC3CCCN3C)NC3C(=O)[C@@]4(CCC32)Cc2ccc(Cl)cc2S4)CC1CC#N. The Morgan fingerprint density at radius 2 is 2.15 bits per heavy atom. The highest BCUT2D eigenvalue weighted by Crippen LogP contribution is 2.53. The van der Waals surface area contributed by atoms with Crippen molar-refractivity contribution >= 4 is 35.1 Å². The van der Waals surface area contributed by atoms with Crippen molar-refractivity contribution in [2.45, 2.75) is 78.8 Å². The molecule has 220 valence electrons. The molecule has 1 aromatic carbocycles. The number of likely N-dealkylation sites (N-methyl/N-ethyl adjacent to an activating group) is 1. The summed E-state index contributed by atoms with van der Waals surface area (Å²) in [5.41, 5.74) is 1.19. The molecule has 1 amide bonds. The molecular formula is C30H39ClN6O3S. The lowest BCUT2D eigenvalue weighted by Crippen LogP contribution is -2.75. The topological polar surface area (TPSA) is 101 Å². The van der Waals surface area contributed by atoms with Gasteiger partial charge in [0.15, 0.2) is 12.1 Å². The Morgan fingerprint density at radius 1 is 1.29 bits per heavy atom. The molecule has 11 heteroatoms. The summed E-state index contributed by atoms with van der Waals surface area (Å²) in [5.74, 6) is 0.133. The first-order chi connectivity index (χ1) is 19.8. The number of thioether (sulfide) groups is 1. The maximum atomic E-state index is 14.4. The van der Waals surface area contributed by atoms with Crippen LogP contribution in [-0.2, 0) is 20.7 Å². The van der Waals surface area contributed by atoms with Crippen LogP contribution in [0.2, 0.25) is 5.02 Å². The number of fused-ring (bicyclic) bond motifs is 2. The highest BCUT2D eigenvalue weighted by molar-refractivity contribution is 8.01. The molecule has 5 aliphatic rings. The molecule has 4 aliphatic heterocycles. The van der Waals surface area contributed by atoms with Gasteiger partial charge in [0.25, 0.3) is 0 Å². The molecule has 7 atom stereocenters. The van der Waals surface area contributed by atoms with Gasteiger partial charge >= 0.3 is 0 Å². The minimum absolute atomic E-state index is 0.0411. The van der Waals surface area contributed by atoms with E-state index in [2.05, 4.69) is 46.2 Å². The van der Waals surface area contributed by atoms with Gasteiger partial charge in [0.05, 0.1) is 42.1 Å². The van der Waals surface area contributed by atoms with E-state index in [9.17, 15) is 14.9 Å². The normalized spacial score (nSPS) is 35.7. The first-order valence-corrected chi connectivity index (χ1v) is 15.9. The van der Waals surface area contributed by atoms with Crippen LogP contribution in [0.5, 0.6) is 0 Å². The largest absolute Gasteiger partial charge is 0.348 e. The number of ketones is 1. The van der Waals surface area contributed by atoms with Gasteiger partial charge in [0.1, 0.15) is 0 Å². The number of benzene rings is 1. The van der Waals surface area contributed by atoms with Gasteiger partial charge in [-0.05, 0) is 69.5 Å². The van der Waals surface area contributed by atoms with E-state index < -0.39 is 11.1 Å². The van der Waals surface area contributed by atoms with Crippen LogP contribution in [0, 0.1) is 17.2 Å². The van der Waals surface area contributed by atoms with Crippen molar-refractivity contribution in [1.29, 1.82) is 5.26 Å². The van der Waals surface area contributed by atoms with E-state index in [0.29, 0.717) is 37.3 Å². The first kappa shape index (κ1) is 29.1. The van der Waals surface area contributed by atoms with Crippen molar-refractivity contribution in [2.75, 3.05) is 39.8 Å². The average molecular weight is 599 g/mol. The van der Waals surface area contributed by atoms with Gasteiger partial charge in [0.2, 0.25) is 5.91 Å². The predicted molar refractivity (Wildman–Crippen MR) is 158 cm³/mol. The monoisotopic (exact) mass is 598 g/mol. The Balaban J connectivity index is 1.24. The van der Waals surface area contributed by atoms with E-state index in [1.807, 2.05) is 12.1 Å². The molecule has 0 bridgehead atoms. The number of ether oxygens (including phenoxy) is 1. The molecule has 1 aromatic rings. The number of nitriles is 1. The molecule has 4 fully saturated rings. The zero-order chi connectivity index (χ0) is 28.7. The molecular weight excluding hydrogens is 560 g/mol. The number of carbonyl (C=O) groups is 2. The van der Waals surface area contributed by atoms with Crippen LogP contribution in [0.3, 0.4) is 0 Å². The van der Waals surface area contributed by atoms with Gasteiger partial charge in [-0.25, -0.2) is 0 Å². The number of hydrogen-bond acceptors (Lipinski definition) is 9. The van der Waals surface area contributed by atoms with Crippen LogP contribution < -0.4 is 10.6 Å². The highest BCUT2D eigenvalue weighted by atomic mass is 35.5. The number of amides is 1. The van der Waals surface area contributed by atoms with Crippen molar-refractivity contribution in [3.63, 3.8) is 0 Å². The van der Waals surface area contributed by atoms with E-state index in [4.69, 9.17) is 16.3 Å². The number of rotatable bonds is 6. The summed E-state index contributed by atoms with van der Waals surface area (Å²) >= 11 is 7.98. The third-order valence-corrected chi connectivity index (χ3v) is 11.5. The number of hydrogen-bond donors (Lipinski definition) is 2. The third kappa shape index (κ3) is 5.58. The summed E-state index contributed by atoms with van der Waals surface area (Å²) in [6.45, 7) is 7.03. The molecule has 0 aromatic heterocycles. The number of nitrogens with zero attached hydrogens (tertiary/aromatic N) is 4. The van der Waals surface area contributed by atoms with Gasteiger partial charge in [-0.1, -0.05) is 24.2 Å². The molecule has 2 N–H and O–H groups in total. The lowest BCUT2D eigenvalue weighted by atomic mass is 9.72. The molecule has 6 rings (SSSR count). The zero-order valence-electron chi connectivity index (χ0n) is 23.6. The Bertz CT molecular complexity index is 1240. The van der Waals surface area contributed by atoms with Gasteiger partial charge < -0.3 is 14.5 Å². The van der Waals surface area contributed by atoms with Crippen LogP contribution >= 0.6 is 23.4 Å². The van der Waals surface area contributed by atoms with Crippen molar-refractivity contribution < 1.29 is 14.3 Å². The number of halogens is 1. The van der Waals surface area contributed by atoms with Crippen LogP contribution in [0.4, 0.5) is 0 Å². The summed E-state index contributed by atoms with van der Waals surface area (Å²) in [6, 6.07) is 7.99. The van der Waals surface area contributed by atoms with Gasteiger partial charge in [-0.2, -0.15) is 5.26 Å². The highest BCUT2D eigenvalue weighted by Gasteiger charge is 2.56. The summed E-state index contributed by atoms with van der Waals surface area (Å²) < 4.78 is 5.94. The standard InChI is InChI=1S/C30H39ClN6O3S/c1-3-25(38)37-14-13-36(17-21(37)9-11-32)28-23-8-10-30(16-19-6-7-20(31)15-24(19)41-30)27(39)26(23)33-29(34-28)40-18-22-5-4-12-35(22)2/h3,6-7,15,21-23,26,28-29,33-34H,1,4-5,8-10,12-14,16-18H2,2H3/t21?,22?,23?,26?,28?,29?,30-/m1/s1. The number of piperazine rings is 1. The number of nitrogens with one attached hydrogen (secondary N) is 2. The minimum Gasteiger partial charge on any atom is -0.348 e. The van der Waals surface area contributed by atoms with E-state index in [0.717, 1.165) is 37.1 Å². The second kappa shape index (κ2) is 12.0. The van der Waals surface area contributed by atoms with Crippen LogP contribution in [0.15, 0.2) is 35.7 Å². The van der Waals surface area contributed by atoms with Gasteiger partial charge in [0, 0.05) is 41.5 Å². The number of Topliss-reactive ketones (excluding diaryl/α,β-unsaturated/α-hetero) is 1. The van der Waals surface area contributed by atoms with Crippen LogP contribution in [0.25, 0.3) is 0 Å². The Hall–Kier alpha value is -1.97. The molecule has 4 heterocycles. The van der Waals surface area contributed by atoms with E-state index in [1.54, 1.807) is 16.7 Å². The fraction of sp³-hybridized carbons (Fsp3) is 0.633. The molecule has 6 unspecified atom stereocenters. The maximum Gasteiger partial charge on any atom is 0.246 e. The lowest BCUT2D eigenvalue weighted by Gasteiger charge is -2.54. The van der Waals surface area contributed by atoms with Crippen molar-refractivity contribution in [1.82, 2.24) is 25.3 Å². The third-order valence-electron chi connectivity index (χ3n) is 9.73. The van der Waals surface area contributed by atoms with Crippen LogP contribution in [-0.4, -0.2) is 102 Å². The molecule has 1 spiro atoms. The predicted octanol–water partition coefficient (Wildman–Crippen LogP) is 2.60. The molecule has 41 heavy (non-hydrogen) atoms. The fourth-order valence-corrected chi connectivity index (χ4v) is 9.28. The minimum atomic E-state index is -0.502. The second-order valence-electron chi connectivity index (χ2n) is 12.1. The molecule has 1 aliphatic carbocycles. The Labute approximate surface area is 251 Å². The summed E-state index contributed by atoms with van der Waals surface area (Å²) in [7, 11) is 2.14. The fourth-order valence-electron chi connectivity index (χ4n) is 7.49. The molecule has 3 saturated heterocycles. The van der Waals surface area contributed by atoms with E-state index >= 15 is 0 Å². The lowest BCUT2D eigenvalue weighted by molar-refractivity contribution is -0.144. The average Bonchev–Trinajstić information content (AvgIpc) is 3.56. The maximum absolute atomic E-state index is 14.4. The molecule has 9 nitrogen and oxygen atoms in total. The molecule has 1 saturated carbocycles. The van der Waals surface area contributed by atoms with Gasteiger partial charge in [-0.3, -0.25) is 25.1 Å². The van der Waals surface area contributed by atoms with E-state index in [-0.39, 0.29) is 42.3 Å². The van der Waals surface area contributed by atoms with Crippen molar-refractivity contribution in [3.8, 4) is 6.07 Å². The smallest absolute Gasteiger partial charge is 0.246 e. The summed E-state index contributed by atoms with van der Waals surface area (Å²) in [6.07, 6.45) is 5.65.